The molecule has 0 bridgehead atoms. The predicted molar refractivity (Wildman–Crippen MR) is 86.4 cm³/mol. The topological polar surface area (TPSA) is 32.3 Å². The van der Waals surface area contributed by atoms with Gasteiger partial charge in [0.05, 0.1) is 0 Å². The molecule has 0 saturated carbocycles. The number of hydrazine groups is 1. The van der Waals surface area contributed by atoms with Gasteiger partial charge in [-0.2, -0.15) is 18.2 Å². The van der Waals surface area contributed by atoms with E-state index in [1.54, 1.807) is 38.1 Å². The van der Waals surface area contributed by atoms with Crippen molar-refractivity contribution in [1.82, 2.24) is 10.4 Å². The van der Waals surface area contributed by atoms with Crippen LogP contribution in [0.2, 0.25) is 5.02 Å². The molecule has 128 valence electrons. The number of benzene rings is 2. The first kappa shape index (κ1) is 17.0. The summed E-state index contributed by atoms with van der Waals surface area (Å²) in [6, 6.07) is 7.57. The molecular formula is C17H16ClF3N2O. The van der Waals surface area contributed by atoms with Crippen molar-refractivity contribution < 1.29 is 18.0 Å². The number of rotatable bonds is 2. The molecule has 2 aromatic rings. The highest BCUT2D eigenvalue weighted by atomic mass is 35.5. The summed E-state index contributed by atoms with van der Waals surface area (Å²) < 4.78 is 41.8. The maximum absolute atomic E-state index is 13.9. The molecule has 1 atom stereocenters. The smallest absolute Gasteiger partial charge is 0.287 e. The summed E-state index contributed by atoms with van der Waals surface area (Å²) in [4.78, 5) is 11.7. The van der Waals surface area contributed by atoms with Crippen LogP contribution in [0.15, 0.2) is 36.4 Å². The molecule has 24 heavy (non-hydrogen) atoms. The summed E-state index contributed by atoms with van der Waals surface area (Å²) >= 11 is 6.12. The minimum Gasteiger partial charge on any atom is -0.287 e. The second-order valence-corrected chi connectivity index (χ2v) is 6.93. The number of hydrogen-bond acceptors (Lipinski definition) is 2. The molecule has 1 aliphatic heterocycles. The molecule has 0 radical (unpaired) electrons. The Morgan fingerprint density at radius 3 is 2.33 bits per heavy atom. The van der Waals surface area contributed by atoms with Gasteiger partial charge < -0.3 is 0 Å². The van der Waals surface area contributed by atoms with Crippen molar-refractivity contribution in [2.75, 3.05) is 0 Å². The Morgan fingerprint density at radius 1 is 1.17 bits per heavy atom. The SMILES string of the molecule is CC1(C)CC(=O)NN1C(c1ccc(Cl)c2ccccc12)C(F)(F)F. The van der Waals surface area contributed by atoms with Crippen LogP contribution in [0, 0.1) is 0 Å². The van der Waals surface area contributed by atoms with Gasteiger partial charge in [-0.3, -0.25) is 10.2 Å². The third kappa shape index (κ3) is 2.84. The Morgan fingerprint density at radius 2 is 1.79 bits per heavy atom. The molecule has 1 aliphatic rings. The largest absolute Gasteiger partial charge is 0.409 e. The Kier molecular flexibility index (Phi) is 4.00. The van der Waals surface area contributed by atoms with Crippen LogP contribution < -0.4 is 5.43 Å². The van der Waals surface area contributed by atoms with E-state index in [0.29, 0.717) is 15.8 Å². The summed E-state index contributed by atoms with van der Waals surface area (Å²) in [5, 5.41) is 2.36. The number of nitrogens with zero attached hydrogens (tertiary/aromatic N) is 1. The van der Waals surface area contributed by atoms with E-state index < -0.39 is 23.7 Å². The fraction of sp³-hybridized carbons (Fsp3) is 0.353. The van der Waals surface area contributed by atoms with Crippen LogP contribution in [0.3, 0.4) is 0 Å². The van der Waals surface area contributed by atoms with Gasteiger partial charge in [0, 0.05) is 22.4 Å². The lowest BCUT2D eigenvalue weighted by Crippen LogP contribution is -2.51. The Hall–Kier alpha value is -1.79. The van der Waals surface area contributed by atoms with E-state index in [2.05, 4.69) is 5.43 Å². The predicted octanol–water partition coefficient (Wildman–Crippen LogP) is 4.61. The second kappa shape index (κ2) is 5.63. The summed E-state index contributed by atoms with van der Waals surface area (Å²) in [6.07, 6.45) is -4.56. The molecule has 1 unspecified atom stereocenters. The molecule has 7 heteroatoms. The van der Waals surface area contributed by atoms with Crippen LogP contribution in [0.5, 0.6) is 0 Å². The van der Waals surface area contributed by atoms with Gasteiger partial charge in [-0.15, -0.1) is 0 Å². The quantitative estimate of drug-likeness (QED) is 0.852. The number of carbonyl (C=O) groups is 1. The first-order chi connectivity index (χ1) is 11.1. The van der Waals surface area contributed by atoms with Crippen LogP contribution >= 0.6 is 11.6 Å². The zero-order chi connectivity index (χ0) is 17.7. The van der Waals surface area contributed by atoms with Gasteiger partial charge in [-0.1, -0.05) is 41.9 Å². The van der Waals surface area contributed by atoms with Crippen LogP contribution in [0.25, 0.3) is 10.8 Å². The highest BCUT2D eigenvalue weighted by Crippen LogP contribution is 2.45. The zero-order valence-corrected chi connectivity index (χ0v) is 13.9. The Bertz CT molecular complexity index is 804. The number of hydrogen-bond donors (Lipinski definition) is 1. The maximum atomic E-state index is 13.9. The van der Waals surface area contributed by atoms with E-state index in [0.717, 1.165) is 5.01 Å². The van der Waals surface area contributed by atoms with E-state index in [1.165, 1.54) is 12.1 Å². The van der Waals surface area contributed by atoms with Crippen molar-refractivity contribution in [2.24, 2.45) is 0 Å². The molecule has 2 aromatic carbocycles. The minimum atomic E-state index is -4.56. The number of fused-ring (bicyclic) bond motifs is 1. The summed E-state index contributed by atoms with van der Waals surface area (Å²) in [7, 11) is 0. The van der Waals surface area contributed by atoms with E-state index in [1.807, 2.05) is 0 Å². The van der Waals surface area contributed by atoms with Crippen molar-refractivity contribution in [1.29, 1.82) is 0 Å². The molecule has 0 spiro atoms. The average molecular weight is 357 g/mol. The van der Waals surface area contributed by atoms with Crippen molar-refractivity contribution in [3.8, 4) is 0 Å². The molecule has 1 amide bonds. The molecular weight excluding hydrogens is 341 g/mol. The van der Waals surface area contributed by atoms with Crippen LogP contribution in [0.4, 0.5) is 13.2 Å². The number of amides is 1. The van der Waals surface area contributed by atoms with E-state index in [4.69, 9.17) is 11.6 Å². The molecule has 1 N–H and O–H groups in total. The van der Waals surface area contributed by atoms with Crippen molar-refractivity contribution >= 4 is 28.3 Å². The average Bonchev–Trinajstić information content (AvgIpc) is 2.73. The number of halogens is 4. The van der Waals surface area contributed by atoms with Crippen molar-refractivity contribution in [3.05, 3.63) is 47.0 Å². The van der Waals surface area contributed by atoms with Gasteiger partial charge in [0.2, 0.25) is 5.91 Å². The van der Waals surface area contributed by atoms with Crippen LogP contribution in [-0.2, 0) is 4.79 Å². The molecule has 3 nitrogen and oxygen atoms in total. The van der Waals surface area contributed by atoms with Gasteiger partial charge in [0.15, 0.2) is 6.04 Å². The van der Waals surface area contributed by atoms with Gasteiger partial charge >= 0.3 is 6.18 Å². The number of alkyl halides is 3. The fourth-order valence-electron chi connectivity index (χ4n) is 3.20. The summed E-state index contributed by atoms with van der Waals surface area (Å²) in [6.45, 7) is 3.23. The molecule has 1 fully saturated rings. The Labute approximate surface area is 142 Å². The van der Waals surface area contributed by atoms with Gasteiger partial charge in [-0.25, -0.2) is 0 Å². The minimum absolute atomic E-state index is 0.00506. The van der Waals surface area contributed by atoms with Crippen molar-refractivity contribution in [3.63, 3.8) is 0 Å². The normalized spacial score (nSPS) is 19.5. The lowest BCUT2D eigenvalue weighted by Gasteiger charge is -2.38. The van der Waals surface area contributed by atoms with Gasteiger partial charge in [-0.05, 0) is 30.9 Å². The highest BCUT2D eigenvalue weighted by molar-refractivity contribution is 6.35. The zero-order valence-electron chi connectivity index (χ0n) is 13.1. The third-order valence-corrected chi connectivity index (χ3v) is 4.59. The summed E-state index contributed by atoms with van der Waals surface area (Å²) in [5.41, 5.74) is 1.48. The molecule has 1 heterocycles. The third-order valence-electron chi connectivity index (χ3n) is 4.26. The summed E-state index contributed by atoms with van der Waals surface area (Å²) in [5.74, 6) is -0.424. The highest BCUT2D eigenvalue weighted by Gasteiger charge is 2.53. The molecule has 1 saturated heterocycles. The lowest BCUT2D eigenvalue weighted by molar-refractivity contribution is -0.203. The first-order valence-electron chi connectivity index (χ1n) is 7.44. The van der Waals surface area contributed by atoms with E-state index in [9.17, 15) is 18.0 Å². The van der Waals surface area contributed by atoms with E-state index >= 15 is 0 Å². The van der Waals surface area contributed by atoms with Crippen LogP contribution in [0.1, 0.15) is 31.9 Å². The molecule has 0 aliphatic carbocycles. The second-order valence-electron chi connectivity index (χ2n) is 6.52. The number of nitrogens with one attached hydrogen (secondary N) is 1. The van der Waals surface area contributed by atoms with Crippen LogP contribution in [-0.4, -0.2) is 22.6 Å². The van der Waals surface area contributed by atoms with Gasteiger partial charge in [0.1, 0.15) is 0 Å². The number of carbonyl (C=O) groups excluding carboxylic acids is 1. The molecule has 3 rings (SSSR count). The molecule has 0 aromatic heterocycles. The van der Waals surface area contributed by atoms with Crippen molar-refractivity contribution in [2.45, 2.75) is 38.0 Å². The first-order valence-corrected chi connectivity index (χ1v) is 7.82. The monoisotopic (exact) mass is 356 g/mol. The standard InChI is InChI=1S/C17H16ClF3N2O/c1-16(2)9-14(24)22-23(16)15(17(19,20)21)12-7-8-13(18)11-6-4-3-5-10(11)12/h3-8,15H,9H2,1-2H3,(H,22,24). The maximum Gasteiger partial charge on any atom is 0.409 e. The van der Waals surface area contributed by atoms with E-state index in [-0.39, 0.29) is 12.0 Å². The fourth-order valence-corrected chi connectivity index (χ4v) is 3.43. The van der Waals surface area contributed by atoms with Gasteiger partial charge in [0.25, 0.3) is 0 Å². The Balaban J connectivity index is 2.22. The lowest BCUT2D eigenvalue weighted by atomic mass is 9.94.